The summed E-state index contributed by atoms with van der Waals surface area (Å²) in [6.45, 7) is 9.62. The van der Waals surface area contributed by atoms with E-state index >= 15 is 0 Å². The molecule has 31 heavy (non-hydrogen) atoms. The summed E-state index contributed by atoms with van der Waals surface area (Å²) in [6, 6.07) is 5.16. The first kappa shape index (κ1) is 23.4. The molecule has 1 N–H and O–H groups in total. The lowest BCUT2D eigenvalue weighted by Crippen LogP contribution is -2.54. The van der Waals surface area contributed by atoms with Crippen molar-refractivity contribution in [3.63, 3.8) is 0 Å². The van der Waals surface area contributed by atoms with Gasteiger partial charge in [-0.3, -0.25) is 9.69 Å². The van der Waals surface area contributed by atoms with E-state index in [0.717, 1.165) is 44.0 Å². The molecular weight excluding hydrogens is 394 g/mol. The van der Waals surface area contributed by atoms with Crippen LogP contribution in [-0.4, -0.2) is 61.1 Å². The largest absolute Gasteiger partial charge is 0.493 e. The Hall–Kier alpha value is -2.28. The number of likely N-dealkylation sites (tertiary alicyclic amines) is 1. The van der Waals surface area contributed by atoms with E-state index in [2.05, 4.69) is 24.1 Å². The molecule has 0 saturated carbocycles. The van der Waals surface area contributed by atoms with E-state index in [-0.39, 0.29) is 24.4 Å². The van der Waals surface area contributed by atoms with E-state index in [0.29, 0.717) is 11.5 Å². The van der Waals surface area contributed by atoms with Gasteiger partial charge in [-0.15, -0.1) is 0 Å². The Kier molecular flexibility index (Phi) is 7.46. The number of imide groups is 1. The lowest BCUT2D eigenvalue weighted by Gasteiger charge is -2.39. The normalized spacial score (nSPS) is 22.8. The number of hydrogen-bond acceptors (Lipinski definition) is 5. The number of nitrogens with one attached hydrogen (secondary N) is 1. The van der Waals surface area contributed by atoms with Gasteiger partial charge in [0.05, 0.1) is 20.8 Å². The highest BCUT2D eigenvalue weighted by atomic mass is 16.5. The number of ether oxygens (including phenoxy) is 2. The van der Waals surface area contributed by atoms with Crippen molar-refractivity contribution in [2.45, 2.75) is 58.5 Å². The number of hydrogen-bond donors (Lipinski definition) is 1. The Morgan fingerprint density at radius 3 is 2.39 bits per heavy atom. The van der Waals surface area contributed by atoms with E-state index in [1.807, 2.05) is 19.1 Å². The maximum Gasteiger partial charge on any atom is 0.325 e. The van der Waals surface area contributed by atoms with Gasteiger partial charge in [-0.2, -0.15) is 0 Å². The molecule has 172 valence electrons. The average molecular weight is 432 g/mol. The topological polar surface area (TPSA) is 71.1 Å². The highest BCUT2D eigenvalue weighted by molar-refractivity contribution is 6.07. The summed E-state index contributed by atoms with van der Waals surface area (Å²) in [6.07, 6.45) is 4.23. The van der Waals surface area contributed by atoms with E-state index in [4.69, 9.17) is 9.47 Å². The number of piperidine rings is 1. The first-order chi connectivity index (χ1) is 14.9. The lowest BCUT2D eigenvalue weighted by molar-refractivity contribution is -0.133. The molecule has 2 saturated heterocycles. The number of amides is 3. The third-order valence-corrected chi connectivity index (χ3v) is 7.19. The Balaban J connectivity index is 1.69. The zero-order chi connectivity index (χ0) is 22.6. The Morgan fingerprint density at radius 1 is 1.13 bits per heavy atom. The number of methoxy groups -OCH3 is 2. The molecule has 7 nitrogen and oxygen atoms in total. The summed E-state index contributed by atoms with van der Waals surface area (Å²) < 4.78 is 10.8. The van der Waals surface area contributed by atoms with Crippen LogP contribution in [0.25, 0.3) is 0 Å². The van der Waals surface area contributed by atoms with Gasteiger partial charge in [0.25, 0.3) is 5.91 Å². The fraction of sp³-hybridized carbons (Fsp3) is 0.667. The first-order valence-corrected chi connectivity index (χ1v) is 11.4. The van der Waals surface area contributed by atoms with Crippen molar-refractivity contribution in [3.8, 4) is 11.5 Å². The molecule has 1 aromatic rings. The molecule has 0 aromatic heterocycles. The monoisotopic (exact) mass is 431 g/mol. The molecule has 3 rings (SSSR count). The third kappa shape index (κ3) is 4.66. The van der Waals surface area contributed by atoms with Gasteiger partial charge in [0.15, 0.2) is 11.5 Å². The molecule has 0 unspecified atom stereocenters. The number of carbonyl (C=O) groups is 2. The van der Waals surface area contributed by atoms with Crippen molar-refractivity contribution in [2.24, 2.45) is 11.8 Å². The van der Waals surface area contributed by atoms with Gasteiger partial charge in [0, 0.05) is 12.1 Å². The first-order valence-electron chi connectivity index (χ1n) is 11.4. The molecule has 7 heteroatoms. The lowest BCUT2D eigenvalue weighted by atomic mass is 9.78. The number of urea groups is 1. The molecule has 2 fully saturated rings. The van der Waals surface area contributed by atoms with Crippen LogP contribution in [0.5, 0.6) is 11.5 Å². The molecule has 2 aliphatic heterocycles. The van der Waals surface area contributed by atoms with Crippen molar-refractivity contribution in [2.75, 3.05) is 33.9 Å². The van der Waals surface area contributed by atoms with Gasteiger partial charge < -0.3 is 19.7 Å². The zero-order valence-corrected chi connectivity index (χ0v) is 19.6. The van der Waals surface area contributed by atoms with Crippen LogP contribution < -0.4 is 14.8 Å². The molecule has 0 aliphatic carbocycles. The fourth-order valence-electron chi connectivity index (χ4n) is 4.99. The quantitative estimate of drug-likeness (QED) is 0.604. The minimum absolute atomic E-state index is 0.138. The van der Waals surface area contributed by atoms with Crippen LogP contribution in [0.2, 0.25) is 0 Å². The maximum atomic E-state index is 13.4. The molecule has 0 bridgehead atoms. The third-order valence-electron chi connectivity index (χ3n) is 7.19. The fourth-order valence-corrected chi connectivity index (χ4v) is 4.99. The number of benzene rings is 1. The molecular formula is C24H37N3O4. The number of rotatable bonds is 9. The highest BCUT2D eigenvalue weighted by Crippen LogP contribution is 2.36. The van der Waals surface area contributed by atoms with E-state index in [9.17, 15) is 9.59 Å². The standard InChI is InChI=1S/C24H37N3O4/c1-6-17(7-2)15-26-13-11-19(12-14-26)24(3)22(28)27(23(29)25-24)16-18-9-8-10-20(30-4)21(18)31-5/h8-10,17,19H,6-7,11-16H2,1-5H3,(H,25,29)/t24-/m0/s1. The highest BCUT2D eigenvalue weighted by Gasteiger charge is 2.52. The number of nitrogens with zero attached hydrogens (tertiary/aromatic N) is 2. The second kappa shape index (κ2) is 9.90. The van der Waals surface area contributed by atoms with Crippen LogP contribution in [0.3, 0.4) is 0 Å². The van der Waals surface area contributed by atoms with Crippen LogP contribution in [0.15, 0.2) is 18.2 Å². The van der Waals surface area contributed by atoms with Gasteiger partial charge in [-0.25, -0.2) is 4.79 Å². The maximum absolute atomic E-state index is 13.4. The molecule has 1 aromatic carbocycles. The molecule has 2 aliphatic rings. The van der Waals surface area contributed by atoms with Gasteiger partial charge >= 0.3 is 6.03 Å². The van der Waals surface area contributed by atoms with Crippen LogP contribution in [0, 0.1) is 11.8 Å². The Labute approximate surface area is 186 Å². The second-order valence-corrected chi connectivity index (χ2v) is 8.93. The molecule has 1 atom stereocenters. The minimum Gasteiger partial charge on any atom is -0.493 e. The summed E-state index contributed by atoms with van der Waals surface area (Å²) in [5.41, 5.74) is -0.112. The summed E-state index contributed by atoms with van der Waals surface area (Å²) in [7, 11) is 3.13. The summed E-state index contributed by atoms with van der Waals surface area (Å²) >= 11 is 0. The van der Waals surface area contributed by atoms with Crippen molar-refractivity contribution in [1.82, 2.24) is 15.1 Å². The van der Waals surface area contributed by atoms with E-state index in [1.54, 1.807) is 20.3 Å². The van der Waals surface area contributed by atoms with Gasteiger partial charge in [0.2, 0.25) is 0 Å². The minimum atomic E-state index is -0.857. The second-order valence-electron chi connectivity index (χ2n) is 8.93. The van der Waals surface area contributed by atoms with Crippen LogP contribution in [0.1, 0.15) is 52.0 Å². The number of carbonyl (C=O) groups excluding carboxylic acids is 2. The predicted molar refractivity (Wildman–Crippen MR) is 120 cm³/mol. The predicted octanol–water partition coefficient (Wildman–Crippen LogP) is 3.66. The van der Waals surface area contributed by atoms with Crippen LogP contribution in [0.4, 0.5) is 4.79 Å². The van der Waals surface area contributed by atoms with E-state index < -0.39 is 5.54 Å². The molecule has 0 spiro atoms. The SMILES string of the molecule is CCC(CC)CN1CCC([C@]2(C)NC(=O)N(Cc3cccc(OC)c3OC)C2=O)CC1. The van der Waals surface area contributed by atoms with Crippen molar-refractivity contribution in [1.29, 1.82) is 0 Å². The van der Waals surface area contributed by atoms with Crippen LogP contribution >= 0.6 is 0 Å². The Morgan fingerprint density at radius 2 is 1.81 bits per heavy atom. The van der Waals surface area contributed by atoms with Crippen molar-refractivity contribution >= 4 is 11.9 Å². The zero-order valence-electron chi connectivity index (χ0n) is 19.6. The molecule has 3 amide bonds. The van der Waals surface area contributed by atoms with Crippen LogP contribution in [-0.2, 0) is 11.3 Å². The summed E-state index contributed by atoms with van der Waals surface area (Å²) in [5.74, 6) is 1.85. The van der Waals surface area contributed by atoms with Gasteiger partial charge in [-0.05, 0) is 50.8 Å². The Bertz CT molecular complexity index is 787. The van der Waals surface area contributed by atoms with E-state index in [1.165, 1.54) is 17.7 Å². The smallest absolute Gasteiger partial charge is 0.325 e. The molecule has 2 heterocycles. The van der Waals surface area contributed by atoms with Crippen molar-refractivity contribution in [3.05, 3.63) is 23.8 Å². The van der Waals surface area contributed by atoms with Crippen molar-refractivity contribution < 1.29 is 19.1 Å². The molecule has 0 radical (unpaired) electrons. The van der Waals surface area contributed by atoms with Gasteiger partial charge in [-0.1, -0.05) is 38.8 Å². The average Bonchev–Trinajstić information content (AvgIpc) is 3.01. The summed E-state index contributed by atoms with van der Waals surface area (Å²) in [5, 5.41) is 3.01. The number of para-hydroxylation sites is 1. The van der Waals surface area contributed by atoms with Gasteiger partial charge in [0.1, 0.15) is 5.54 Å². The summed E-state index contributed by atoms with van der Waals surface area (Å²) in [4.78, 5) is 30.0.